The Morgan fingerprint density at radius 2 is 1.65 bits per heavy atom. The molecule has 0 radical (unpaired) electrons. The third-order valence-corrected chi connectivity index (χ3v) is 4.34. The number of ether oxygens (including phenoxy) is 1. The lowest BCUT2D eigenvalue weighted by atomic mass is 10.1. The molecule has 1 aliphatic rings. The third-order valence-electron chi connectivity index (χ3n) is 4.34. The lowest BCUT2D eigenvalue weighted by molar-refractivity contribution is 0.0923. The van der Waals surface area contributed by atoms with Gasteiger partial charge in [0.1, 0.15) is 5.75 Å². The summed E-state index contributed by atoms with van der Waals surface area (Å²) in [5.41, 5.74) is 0.952. The highest BCUT2D eigenvalue weighted by molar-refractivity contribution is 5.28. The molecule has 1 saturated heterocycles. The molecular formula is C18H30N2O3. The van der Waals surface area contributed by atoms with Crippen LogP contribution in [0.15, 0.2) is 24.3 Å². The van der Waals surface area contributed by atoms with Crippen LogP contribution in [0.3, 0.4) is 0 Å². The predicted octanol–water partition coefficient (Wildman–Crippen LogP) is 1.51. The zero-order chi connectivity index (χ0) is 16.5. The van der Waals surface area contributed by atoms with Crippen LogP contribution in [0.25, 0.3) is 0 Å². The molecule has 0 aliphatic carbocycles. The summed E-state index contributed by atoms with van der Waals surface area (Å²) in [4.78, 5) is 4.66. The molecular weight excluding hydrogens is 292 g/mol. The van der Waals surface area contributed by atoms with Crippen molar-refractivity contribution in [3.8, 4) is 5.75 Å². The predicted molar refractivity (Wildman–Crippen MR) is 91.8 cm³/mol. The number of β-amino-alcohol motifs (C(OH)–C–C–N with tert-alkyl or cyclic N) is 1. The third kappa shape index (κ3) is 6.11. The molecule has 5 nitrogen and oxygen atoms in total. The van der Waals surface area contributed by atoms with E-state index in [9.17, 15) is 5.11 Å². The van der Waals surface area contributed by atoms with Crippen molar-refractivity contribution in [2.45, 2.75) is 25.9 Å². The van der Waals surface area contributed by atoms with Crippen LogP contribution < -0.4 is 4.74 Å². The molecule has 0 amide bonds. The van der Waals surface area contributed by atoms with Crippen LogP contribution in [0.5, 0.6) is 5.75 Å². The average Bonchev–Trinajstić information content (AvgIpc) is 2.60. The summed E-state index contributed by atoms with van der Waals surface area (Å²) in [6, 6.07) is 7.77. The van der Waals surface area contributed by atoms with Gasteiger partial charge in [0, 0.05) is 39.3 Å². The topological polar surface area (TPSA) is 56.2 Å². The Kier molecular flexibility index (Phi) is 7.82. The largest absolute Gasteiger partial charge is 0.494 e. The number of piperazine rings is 1. The molecule has 2 rings (SSSR count). The zero-order valence-electron chi connectivity index (χ0n) is 14.2. The van der Waals surface area contributed by atoms with Crippen molar-refractivity contribution in [2.24, 2.45) is 0 Å². The second kappa shape index (κ2) is 9.88. The first-order chi connectivity index (χ1) is 11.2. The highest BCUT2D eigenvalue weighted by atomic mass is 16.5. The second-order valence-corrected chi connectivity index (χ2v) is 6.13. The van der Waals surface area contributed by atoms with E-state index >= 15 is 0 Å². The SMILES string of the molecule is CCCOc1ccc(C(O)CCN2CCN(CCO)CC2)cc1. The summed E-state index contributed by atoms with van der Waals surface area (Å²) in [6.07, 6.45) is 1.32. The molecule has 130 valence electrons. The Balaban J connectivity index is 1.71. The van der Waals surface area contributed by atoms with Crippen molar-refractivity contribution in [3.05, 3.63) is 29.8 Å². The Morgan fingerprint density at radius 1 is 1.04 bits per heavy atom. The van der Waals surface area contributed by atoms with E-state index in [1.165, 1.54) is 0 Å². The minimum absolute atomic E-state index is 0.233. The van der Waals surface area contributed by atoms with E-state index in [0.717, 1.165) is 70.0 Å². The quantitative estimate of drug-likeness (QED) is 0.722. The molecule has 0 aromatic heterocycles. The smallest absolute Gasteiger partial charge is 0.119 e. The fourth-order valence-corrected chi connectivity index (χ4v) is 2.86. The summed E-state index contributed by atoms with van der Waals surface area (Å²) >= 11 is 0. The van der Waals surface area contributed by atoms with Crippen LogP contribution >= 0.6 is 0 Å². The van der Waals surface area contributed by atoms with Gasteiger partial charge in [0.25, 0.3) is 0 Å². The molecule has 5 heteroatoms. The van der Waals surface area contributed by atoms with Crippen LogP contribution in [-0.4, -0.2) is 72.5 Å². The highest BCUT2D eigenvalue weighted by Crippen LogP contribution is 2.21. The fraction of sp³-hybridized carbons (Fsp3) is 0.667. The van der Waals surface area contributed by atoms with Gasteiger partial charge in [-0.25, -0.2) is 0 Å². The molecule has 0 spiro atoms. The van der Waals surface area contributed by atoms with Gasteiger partial charge in [0.05, 0.1) is 19.3 Å². The molecule has 0 saturated carbocycles. The summed E-state index contributed by atoms with van der Waals surface area (Å²) < 4.78 is 5.56. The maximum absolute atomic E-state index is 10.3. The van der Waals surface area contributed by atoms with Gasteiger partial charge in [-0.05, 0) is 30.5 Å². The number of rotatable bonds is 9. The van der Waals surface area contributed by atoms with Gasteiger partial charge in [-0.15, -0.1) is 0 Å². The van der Waals surface area contributed by atoms with Gasteiger partial charge >= 0.3 is 0 Å². The maximum atomic E-state index is 10.3. The standard InChI is InChI=1S/C18H30N2O3/c1-2-15-23-17-5-3-16(4-6-17)18(22)7-8-19-9-11-20(12-10-19)13-14-21/h3-6,18,21-22H,2,7-15H2,1H3. The maximum Gasteiger partial charge on any atom is 0.119 e. The van der Waals surface area contributed by atoms with E-state index in [1.54, 1.807) is 0 Å². The van der Waals surface area contributed by atoms with Crippen molar-refractivity contribution in [2.75, 3.05) is 52.5 Å². The number of nitrogens with zero attached hydrogens (tertiary/aromatic N) is 2. The van der Waals surface area contributed by atoms with Crippen molar-refractivity contribution >= 4 is 0 Å². The molecule has 1 aromatic carbocycles. The Hall–Kier alpha value is -1.14. The minimum atomic E-state index is -0.425. The molecule has 1 fully saturated rings. The normalized spacial score (nSPS) is 18.0. The van der Waals surface area contributed by atoms with Crippen molar-refractivity contribution in [1.29, 1.82) is 0 Å². The van der Waals surface area contributed by atoms with Gasteiger partial charge in [0.15, 0.2) is 0 Å². The molecule has 1 unspecified atom stereocenters. The lowest BCUT2D eigenvalue weighted by Crippen LogP contribution is -2.47. The first-order valence-electron chi connectivity index (χ1n) is 8.69. The molecule has 1 aliphatic heterocycles. The summed E-state index contributed by atoms with van der Waals surface area (Å²) in [6.45, 7) is 8.74. The second-order valence-electron chi connectivity index (χ2n) is 6.13. The minimum Gasteiger partial charge on any atom is -0.494 e. The van der Waals surface area contributed by atoms with E-state index in [4.69, 9.17) is 9.84 Å². The Morgan fingerprint density at radius 3 is 2.22 bits per heavy atom. The molecule has 1 atom stereocenters. The Bertz CT molecular complexity index is 430. The molecule has 1 aromatic rings. The number of hydrogen-bond donors (Lipinski definition) is 2. The van der Waals surface area contributed by atoms with E-state index in [-0.39, 0.29) is 6.61 Å². The van der Waals surface area contributed by atoms with Crippen molar-refractivity contribution in [1.82, 2.24) is 9.80 Å². The van der Waals surface area contributed by atoms with Crippen LogP contribution in [-0.2, 0) is 0 Å². The van der Waals surface area contributed by atoms with Gasteiger partial charge in [-0.3, -0.25) is 4.90 Å². The summed E-state index contributed by atoms with van der Waals surface area (Å²) in [5.74, 6) is 0.864. The van der Waals surface area contributed by atoms with E-state index in [1.807, 2.05) is 24.3 Å². The first kappa shape index (κ1) is 18.2. The monoisotopic (exact) mass is 322 g/mol. The van der Waals surface area contributed by atoms with Crippen LogP contribution in [0.1, 0.15) is 31.4 Å². The first-order valence-corrected chi connectivity index (χ1v) is 8.69. The van der Waals surface area contributed by atoms with Crippen molar-refractivity contribution in [3.63, 3.8) is 0 Å². The molecule has 23 heavy (non-hydrogen) atoms. The van der Waals surface area contributed by atoms with E-state index in [2.05, 4.69) is 16.7 Å². The summed E-state index contributed by atoms with van der Waals surface area (Å²) in [7, 11) is 0. The van der Waals surface area contributed by atoms with Crippen LogP contribution in [0.2, 0.25) is 0 Å². The number of aliphatic hydroxyl groups excluding tert-OH is 2. The lowest BCUT2D eigenvalue weighted by Gasteiger charge is -2.34. The van der Waals surface area contributed by atoms with Crippen LogP contribution in [0.4, 0.5) is 0 Å². The van der Waals surface area contributed by atoms with Crippen LogP contribution in [0, 0.1) is 0 Å². The molecule has 1 heterocycles. The highest BCUT2D eigenvalue weighted by Gasteiger charge is 2.17. The number of hydrogen-bond acceptors (Lipinski definition) is 5. The fourth-order valence-electron chi connectivity index (χ4n) is 2.86. The van der Waals surface area contributed by atoms with E-state index in [0.29, 0.717) is 0 Å². The van der Waals surface area contributed by atoms with E-state index < -0.39 is 6.10 Å². The van der Waals surface area contributed by atoms with Gasteiger partial charge in [0.2, 0.25) is 0 Å². The van der Waals surface area contributed by atoms with Crippen molar-refractivity contribution < 1.29 is 14.9 Å². The van der Waals surface area contributed by atoms with Gasteiger partial charge < -0.3 is 19.8 Å². The molecule has 0 bridgehead atoms. The molecule has 2 N–H and O–H groups in total. The average molecular weight is 322 g/mol. The zero-order valence-corrected chi connectivity index (χ0v) is 14.2. The number of aliphatic hydroxyl groups is 2. The van der Waals surface area contributed by atoms with Gasteiger partial charge in [-0.1, -0.05) is 19.1 Å². The summed E-state index contributed by atoms with van der Waals surface area (Å²) in [5, 5.41) is 19.3. The Labute approximate surface area is 139 Å². The van der Waals surface area contributed by atoms with Gasteiger partial charge in [-0.2, -0.15) is 0 Å². The number of benzene rings is 1.